The highest BCUT2D eigenvalue weighted by Crippen LogP contribution is 2.33. The Morgan fingerprint density at radius 2 is 2.31 bits per heavy atom. The number of aryl methyl sites for hydroxylation is 1. The molecule has 0 saturated carbocycles. The van der Waals surface area contributed by atoms with Crippen LogP contribution in [0, 0.1) is 0 Å². The van der Waals surface area contributed by atoms with Gasteiger partial charge in [-0.1, -0.05) is 18.2 Å². The molecule has 3 aromatic rings. The molecule has 0 saturated heterocycles. The van der Waals surface area contributed by atoms with E-state index in [-0.39, 0.29) is 53.3 Å². The standard InChI is InChI=1S/C21H27N5/c22-12-3-4-14-26(15-20-24-17-9-1-2-10-18(17)25-20)19-11-5-7-16-8-6-13-23-21(16)19/h1-2,6,8-10,13,19H,3-5,7,11-12,14-15,22H2,(H,24,25)/t19-/m0/s1/i1D,2D,5D2,7D2,9D,10D,11D2,19D. The third kappa shape index (κ3) is 3.64. The summed E-state index contributed by atoms with van der Waals surface area (Å²) >= 11 is 0. The molecular weight excluding hydrogens is 322 g/mol. The number of nitrogens with two attached hydrogens (primary N) is 1. The number of unbranched alkanes of at least 4 members (excludes halogenated alkanes) is 1. The number of aromatic amines is 1. The Morgan fingerprint density at radius 1 is 1.38 bits per heavy atom. The van der Waals surface area contributed by atoms with Gasteiger partial charge in [-0.3, -0.25) is 9.88 Å². The Hall–Kier alpha value is -2.24. The molecule has 0 unspecified atom stereocenters. The average molecular weight is 361 g/mol. The molecular formula is C21H27N5. The van der Waals surface area contributed by atoms with Crippen LogP contribution in [-0.4, -0.2) is 32.9 Å². The Balaban J connectivity index is 1.91. The number of aromatic nitrogens is 3. The molecule has 0 bridgehead atoms. The number of imidazole rings is 1. The van der Waals surface area contributed by atoms with E-state index in [4.69, 9.17) is 19.4 Å². The second-order valence-electron chi connectivity index (χ2n) is 5.95. The van der Waals surface area contributed by atoms with E-state index in [1.165, 1.54) is 23.2 Å². The molecule has 1 aliphatic carbocycles. The van der Waals surface area contributed by atoms with Gasteiger partial charge in [0.2, 0.25) is 0 Å². The lowest BCUT2D eigenvalue weighted by Crippen LogP contribution is -2.33. The molecule has 1 aliphatic rings. The molecule has 1 atom stereocenters. The lowest BCUT2D eigenvalue weighted by molar-refractivity contribution is 0.159. The maximum atomic E-state index is 9.44. The van der Waals surface area contributed by atoms with E-state index in [0.29, 0.717) is 19.4 Å². The van der Waals surface area contributed by atoms with Gasteiger partial charge in [-0.2, -0.15) is 0 Å². The van der Waals surface area contributed by atoms with E-state index in [0.717, 1.165) is 0 Å². The fourth-order valence-electron chi connectivity index (χ4n) is 2.90. The summed E-state index contributed by atoms with van der Waals surface area (Å²) < 4.78 is 93.0. The molecule has 0 spiro atoms. The zero-order valence-electron chi connectivity index (χ0n) is 25.2. The van der Waals surface area contributed by atoms with Crippen molar-refractivity contribution in [2.24, 2.45) is 5.73 Å². The van der Waals surface area contributed by atoms with Crippen molar-refractivity contribution < 1.29 is 15.1 Å². The predicted octanol–water partition coefficient (Wildman–Crippen LogP) is 3.58. The van der Waals surface area contributed by atoms with Gasteiger partial charge in [-0.25, -0.2) is 4.98 Å². The van der Waals surface area contributed by atoms with Crippen LogP contribution in [0.2, 0.25) is 0 Å². The first-order chi connectivity index (χ1) is 17.1. The van der Waals surface area contributed by atoms with Gasteiger partial charge in [0.05, 0.1) is 36.1 Å². The van der Waals surface area contributed by atoms with Crippen molar-refractivity contribution in [3.05, 3.63) is 59.6 Å². The molecule has 136 valence electrons. The summed E-state index contributed by atoms with van der Waals surface area (Å²) in [5.41, 5.74) is 5.20. The molecule has 0 amide bonds. The first-order valence-corrected chi connectivity index (χ1v) is 8.50. The molecule has 0 fully saturated rings. The fourth-order valence-corrected chi connectivity index (χ4v) is 2.90. The largest absolute Gasteiger partial charge is 0.341 e. The Labute approximate surface area is 170 Å². The van der Waals surface area contributed by atoms with Crippen LogP contribution in [0.3, 0.4) is 0 Å². The summed E-state index contributed by atoms with van der Waals surface area (Å²) in [5.74, 6) is 0.115. The number of pyridine rings is 1. The summed E-state index contributed by atoms with van der Waals surface area (Å²) in [4.78, 5) is 12.7. The molecule has 5 heteroatoms. The van der Waals surface area contributed by atoms with Gasteiger partial charge in [0.15, 0.2) is 0 Å². The van der Waals surface area contributed by atoms with E-state index in [1.807, 2.05) is 0 Å². The highest BCUT2D eigenvalue weighted by atomic mass is 15.2. The SMILES string of the molecule is [2H]c1c([2H])c([2H])c2[nH]c(CN(CCCCN)[C@]3([2H])c4ncccc4C([2H])([2H])C([2H])([2H])C3([2H])[2H])nc2c1[2H]. The number of hydrogen-bond donors (Lipinski definition) is 2. The Kier molecular flexibility index (Phi) is 2.65. The van der Waals surface area contributed by atoms with Gasteiger partial charge in [0.1, 0.15) is 5.82 Å². The summed E-state index contributed by atoms with van der Waals surface area (Å²) in [6, 6.07) is -1.35. The van der Waals surface area contributed by atoms with Crippen LogP contribution in [0.15, 0.2) is 42.5 Å². The lowest BCUT2D eigenvalue weighted by atomic mass is 9.90. The van der Waals surface area contributed by atoms with Crippen LogP contribution in [0.4, 0.5) is 0 Å². The zero-order valence-corrected chi connectivity index (χ0v) is 14.2. The fraction of sp³-hybridized carbons (Fsp3) is 0.429. The van der Waals surface area contributed by atoms with Crippen molar-refractivity contribution in [1.82, 2.24) is 19.9 Å². The van der Waals surface area contributed by atoms with Crippen molar-refractivity contribution >= 4 is 11.0 Å². The minimum Gasteiger partial charge on any atom is -0.341 e. The Bertz CT molecular complexity index is 1300. The van der Waals surface area contributed by atoms with Crippen molar-refractivity contribution in [2.75, 3.05) is 13.1 Å². The van der Waals surface area contributed by atoms with Gasteiger partial charge < -0.3 is 10.7 Å². The molecule has 4 rings (SSSR count). The third-order valence-electron chi connectivity index (χ3n) is 4.13. The molecule has 0 radical (unpaired) electrons. The molecule has 5 nitrogen and oxygen atoms in total. The maximum absolute atomic E-state index is 9.44. The van der Waals surface area contributed by atoms with E-state index in [2.05, 4.69) is 15.0 Å². The van der Waals surface area contributed by atoms with Gasteiger partial charge in [-0.05, 0) is 68.8 Å². The van der Waals surface area contributed by atoms with Crippen LogP contribution in [0.25, 0.3) is 11.0 Å². The van der Waals surface area contributed by atoms with Crippen LogP contribution < -0.4 is 5.73 Å². The van der Waals surface area contributed by atoms with Crippen molar-refractivity contribution in [3.8, 4) is 0 Å². The third-order valence-corrected chi connectivity index (χ3v) is 4.13. The van der Waals surface area contributed by atoms with Crippen molar-refractivity contribution in [1.29, 1.82) is 0 Å². The zero-order chi connectivity index (χ0) is 27.6. The summed E-state index contributed by atoms with van der Waals surface area (Å²) in [5, 5.41) is 0. The quantitative estimate of drug-likeness (QED) is 0.632. The second kappa shape index (κ2) is 7.98. The number of benzene rings is 1. The monoisotopic (exact) mass is 360 g/mol. The smallest absolute Gasteiger partial charge is 0.121 e. The van der Waals surface area contributed by atoms with E-state index < -0.39 is 37.2 Å². The summed E-state index contributed by atoms with van der Waals surface area (Å²) in [6.45, 7) is 0.121. The van der Waals surface area contributed by atoms with Crippen LogP contribution in [0.1, 0.15) is 63.8 Å². The van der Waals surface area contributed by atoms with Crippen LogP contribution >= 0.6 is 0 Å². The number of hydrogen-bond acceptors (Lipinski definition) is 4. The highest BCUT2D eigenvalue weighted by molar-refractivity contribution is 5.74. The predicted molar refractivity (Wildman–Crippen MR) is 105 cm³/mol. The topological polar surface area (TPSA) is 70.8 Å². The van der Waals surface area contributed by atoms with Crippen molar-refractivity contribution in [2.45, 2.75) is 44.5 Å². The first-order valence-electron chi connectivity index (χ1n) is 14.0. The minimum atomic E-state index is -3.12. The van der Waals surface area contributed by atoms with Gasteiger partial charge in [0.25, 0.3) is 0 Å². The molecule has 2 aromatic heterocycles. The molecule has 26 heavy (non-hydrogen) atoms. The van der Waals surface area contributed by atoms with E-state index in [1.54, 1.807) is 0 Å². The number of fused-ring (bicyclic) bond motifs is 2. The second-order valence-corrected chi connectivity index (χ2v) is 5.95. The minimum absolute atomic E-state index is 0.0150. The number of para-hydroxylation sites is 2. The number of nitrogens with one attached hydrogen (secondary N) is 1. The number of nitrogens with zero attached hydrogens (tertiary/aromatic N) is 3. The highest BCUT2D eigenvalue weighted by Gasteiger charge is 2.27. The Morgan fingerprint density at radius 3 is 3.23 bits per heavy atom. The van der Waals surface area contributed by atoms with E-state index >= 15 is 0 Å². The molecule has 2 heterocycles. The molecule has 1 aromatic carbocycles. The molecule has 3 N–H and O–H groups in total. The summed E-state index contributed by atoms with van der Waals surface area (Å²) in [6.07, 6.45) is -6.76. The summed E-state index contributed by atoms with van der Waals surface area (Å²) in [7, 11) is 0. The van der Waals surface area contributed by atoms with Crippen LogP contribution in [0.5, 0.6) is 0 Å². The van der Waals surface area contributed by atoms with Crippen molar-refractivity contribution in [3.63, 3.8) is 0 Å². The maximum Gasteiger partial charge on any atom is 0.121 e. The average Bonchev–Trinajstić information content (AvgIpc) is 3.28. The number of H-pyrrole nitrogens is 1. The molecule has 0 aliphatic heterocycles. The van der Waals surface area contributed by atoms with E-state index in [9.17, 15) is 1.37 Å². The first kappa shape index (κ1) is 8.63. The normalized spacial score (nSPS) is 31.7. The number of rotatable bonds is 7. The van der Waals surface area contributed by atoms with Crippen LogP contribution in [-0.2, 0) is 12.9 Å². The van der Waals surface area contributed by atoms with Gasteiger partial charge in [0, 0.05) is 14.4 Å². The lowest BCUT2D eigenvalue weighted by Gasteiger charge is -2.34. The van der Waals surface area contributed by atoms with Gasteiger partial charge >= 0.3 is 0 Å². The van der Waals surface area contributed by atoms with Gasteiger partial charge in [-0.15, -0.1) is 0 Å².